The van der Waals surface area contributed by atoms with Gasteiger partial charge in [-0.1, -0.05) is 59.8 Å². The maximum absolute atomic E-state index is 12.8. The number of thiophene rings is 1. The van der Waals surface area contributed by atoms with Gasteiger partial charge >= 0.3 is 0 Å². The first-order valence-electron chi connectivity index (χ1n) is 9.85. The number of carbonyl (C=O) groups is 1. The second kappa shape index (κ2) is 10.2. The lowest BCUT2D eigenvalue weighted by molar-refractivity contribution is -0.384. The van der Waals surface area contributed by atoms with Crippen LogP contribution >= 0.6 is 34.7 Å². The average molecular weight is 500 g/mol. The molecule has 8 nitrogen and oxygen atoms in total. The molecule has 4 aromatic rings. The Morgan fingerprint density at radius 3 is 2.70 bits per heavy atom. The molecule has 168 valence electrons. The van der Waals surface area contributed by atoms with Crippen LogP contribution in [0.3, 0.4) is 0 Å². The number of thioether (sulfide) groups is 1. The molecule has 0 aliphatic heterocycles. The Bertz CT molecular complexity index is 1280. The molecule has 1 atom stereocenters. The number of anilines is 1. The summed E-state index contributed by atoms with van der Waals surface area (Å²) in [5, 5.41) is 24.7. The number of halogens is 1. The van der Waals surface area contributed by atoms with Crippen molar-refractivity contribution in [1.82, 2.24) is 14.8 Å². The maximum atomic E-state index is 12.8. The third-order valence-corrected chi connectivity index (χ3v) is 6.99. The Labute approximate surface area is 202 Å². The molecule has 2 aromatic heterocycles. The number of non-ortho nitro benzene ring substituents is 1. The summed E-state index contributed by atoms with van der Waals surface area (Å²) in [6, 6.07) is 17.8. The van der Waals surface area contributed by atoms with Gasteiger partial charge in [0.15, 0.2) is 11.0 Å². The minimum absolute atomic E-state index is 0.154. The van der Waals surface area contributed by atoms with Crippen LogP contribution in [0.15, 0.2) is 71.2 Å². The molecule has 0 spiro atoms. The lowest BCUT2D eigenvalue weighted by atomic mass is 10.2. The molecule has 1 unspecified atom stereocenters. The van der Waals surface area contributed by atoms with Crippen LogP contribution < -0.4 is 5.32 Å². The number of benzene rings is 2. The Morgan fingerprint density at radius 2 is 2.00 bits per heavy atom. The number of nitro benzene ring substituents is 1. The summed E-state index contributed by atoms with van der Waals surface area (Å²) in [6.45, 7) is 2.28. The largest absolute Gasteiger partial charge is 0.324 e. The molecule has 1 amide bonds. The van der Waals surface area contributed by atoms with E-state index >= 15 is 0 Å². The zero-order valence-electron chi connectivity index (χ0n) is 17.3. The molecule has 11 heteroatoms. The second-order valence-electron chi connectivity index (χ2n) is 7.03. The van der Waals surface area contributed by atoms with Crippen LogP contribution in [0, 0.1) is 10.1 Å². The van der Waals surface area contributed by atoms with Gasteiger partial charge in [-0.05, 0) is 30.0 Å². The smallest absolute Gasteiger partial charge is 0.271 e. The van der Waals surface area contributed by atoms with E-state index in [0.29, 0.717) is 11.7 Å². The van der Waals surface area contributed by atoms with Crippen molar-refractivity contribution in [2.75, 3.05) is 5.32 Å². The first-order chi connectivity index (χ1) is 15.9. The van der Waals surface area contributed by atoms with Crippen molar-refractivity contribution in [2.24, 2.45) is 0 Å². The SMILES string of the molecule is CC(Sc1nnc(-c2cccs2)n1Cc1ccccc1)C(=O)Nc1cc([N+](=O)[O-])ccc1Cl. The fourth-order valence-corrected chi connectivity index (χ4v) is 4.77. The monoisotopic (exact) mass is 499 g/mol. The fourth-order valence-electron chi connectivity index (χ4n) is 3.04. The summed E-state index contributed by atoms with van der Waals surface area (Å²) in [5.74, 6) is 0.375. The Hall–Kier alpha value is -3.21. The highest BCUT2D eigenvalue weighted by Gasteiger charge is 2.22. The van der Waals surface area contributed by atoms with Crippen LogP contribution in [-0.4, -0.2) is 30.8 Å². The molecule has 0 aliphatic rings. The topological polar surface area (TPSA) is 103 Å². The van der Waals surface area contributed by atoms with Crippen molar-refractivity contribution in [3.63, 3.8) is 0 Å². The number of hydrogen-bond donors (Lipinski definition) is 1. The van der Waals surface area contributed by atoms with Crippen LogP contribution in [0.4, 0.5) is 11.4 Å². The zero-order valence-corrected chi connectivity index (χ0v) is 19.7. The molecule has 1 N–H and O–H groups in total. The highest BCUT2D eigenvalue weighted by atomic mass is 35.5. The van der Waals surface area contributed by atoms with Crippen LogP contribution in [0.25, 0.3) is 10.7 Å². The molecule has 0 saturated heterocycles. The van der Waals surface area contributed by atoms with E-state index in [1.165, 1.54) is 30.0 Å². The second-order valence-corrected chi connectivity index (χ2v) is 9.69. The van der Waals surface area contributed by atoms with Gasteiger partial charge in [-0.15, -0.1) is 21.5 Å². The van der Waals surface area contributed by atoms with Gasteiger partial charge in [-0.3, -0.25) is 19.5 Å². The van der Waals surface area contributed by atoms with E-state index in [-0.39, 0.29) is 22.3 Å². The average Bonchev–Trinajstić information content (AvgIpc) is 3.46. The molecule has 0 fully saturated rings. The van der Waals surface area contributed by atoms with E-state index in [2.05, 4.69) is 15.5 Å². The van der Waals surface area contributed by atoms with Crippen molar-refractivity contribution in [1.29, 1.82) is 0 Å². The molecule has 0 saturated carbocycles. The molecule has 0 bridgehead atoms. The predicted octanol–water partition coefficient (Wildman–Crippen LogP) is 5.74. The van der Waals surface area contributed by atoms with Gasteiger partial charge in [0.05, 0.1) is 32.3 Å². The van der Waals surface area contributed by atoms with Crippen LogP contribution in [-0.2, 0) is 11.3 Å². The first-order valence-corrected chi connectivity index (χ1v) is 12.0. The van der Waals surface area contributed by atoms with Gasteiger partial charge in [0, 0.05) is 12.1 Å². The van der Waals surface area contributed by atoms with Crippen molar-refractivity contribution in [2.45, 2.75) is 23.9 Å². The molecule has 2 heterocycles. The van der Waals surface area contributed by atoms with Crippen molar-refractivity contribution in [3.8, 4) is 10.7 Å². The summed E-state index contributed by atoms with van der Waals surface area (Å²) >= 11 is 8.94. The molecule has 0 radical (unpaired) electrons. The highest BCUT2D eigenvalue weighted by molar-refractivity contribution is 8.00. The number of nitrogens with one attached hydrogen (secondary N) is 1. The molecule has 4 rings (SSSR count). The number of amides is 1. The summed E-state index contributed by atoms with van der Waals surface area (Å²) in [5.41, 5.74) is 1.11. The summed E-state index contributed by atoms with van der Waals surface area (Å²) in [4.78, 5) is 24.3. The van der Waals surface area contributed by atoms with E-state index < -0.39 is 10.2 Å². The lowest BCUT2D eigenvalue weighted by Crippen LogP contribution is -2.23. The van der Waals surface area contributed by atoms with E-state index in [0.717, 1.165) is 16.3 Å². The number of carbonyl (C=O) groups excluding carboxylic acids is 1. The van der Waals surface area contributed by atoms with Gasteiger partial charge in [-0.2, -0.15) is 0 Å². The van der Waals surface area contributed by atoms with Gasteiger partial charge < -0.3 is 5.32 Å². The molecule has 33 heavy (non-hydrogen) atoms. The molecular weight excluding hydrogens is 482 g/mol. The van der Waals surface area contributed by atoms with E-state index in [9.17, 15) is 14.9 Å². The minimum atomic E-state index is -0.560. The van der Waals surface area contributed by atoms with Crippen LogP contribution in [0.1, 0.15) is 12.5 Å². The third-order valence-electron chi connectivity index (χ3n) is 4.71. The quantitative estimate of drug-likeness (QED) is 0.188. The van der Waals surface area contributed by atoms with E-state index in [1.54, 1.807) is 18.3 Å². The number of rotatable bonds is 8. The number of hydrogen-bond acceptors (Lipinski definition) is 7. The van der Waals surface area contributed by atoms with Crippen molar-refractivity contribution >= 4 is 52.0 Å². The minimum Gasteiger partial charge on any atom is -0.324 e. The molecule has 0 aliphatic carbocycles. The van der Waals surface area contributed by atoms with Gasteiger partial charge in [0.25, 0.3) is 5.69 Å². The Balaban J connectivity index is 1.56. The van der Waals surface area contributed by atoms with Crippen LogP contribution in [0.2, 0.25) is 5.02 Å². The first kappa shape index (κ1) is 23.0. The summed E-state index contributed by atoms with van der Waals surface area (Å²) in [6.07, 6.45) is 0. The van der Waals surface area contributed by atoms with E-state index in [1.807, 2.05) is 52.4 Å². The Morgan fingerprint density at radius 1 is 1.21 bits per heavy atom. The Kier molecular flexibility index (Phi) is 7.07. The molecule has 2 aromatic carbocycles. The van der Waals surface area contributed by atoms with Gasteiger partial charge in [-0.25, -0.2) is 0 Å². The number of nitrogens with zero attached hydrogens (tertiary/aromatic N) is 4. The fraction of sp³-hybridized carbons (Fsp3) is 0.136. The van der Waals surface area contributed by atoms with Gasteiger partial charge in [0.2, 0.25) is 5.91 Å². The standard InChI is InChI=1S/C22H18ClN5O3S2/c1-14(21(29)24-18-12-16(28(30)31)9-10-17(18)23)33-22-26-25-20(19-8-5-11-32-19)27(22)13-15-6-3-2-4-7-15/h2-12,14H,13H2,1H3,(H,24,29). The summed E-state index contributed by atoms with van der Waals surface area (Å²) < 4.78 is 1.98. The zero-order chi connectivity index (χ0) is 23.4. The normalized spacial score (nSPS) is 11.8. The highest BCUT2D eigenvalue weighted by Crippen LogP contribution is 2.31. The van der Waals surface area contributed by atoms with Gasteiger partial charge in [0.1, 0.15) is 0 Å². The lowest BCUT2D eigenvalue weighted by Gasteiger charge is -2.14. The summed E-state index contributed by atoms with van der Waals surface area (Å²) in [7, 11) is 0. The van der Waals surface area contributed by atoms with E-state index in [4.69, 9.17) is 11.6 Å². The van der Waals surface area contributed by atoms with Crippen molar-refractivity contribution in [3.05, 3.63) is 86.7 Å². The maximum Gasteiger partial charge on any atom is 0.271 e. The third kappa shape index (κ3) is 5.41. The number of nitro groups is 1. The predicted molar refractivity (Wildman–Crippen MR) is 131 cm³/mol. The number of aromatic nitrogens is 3. The molecular formula is C22H18ClN5O3S2. The van der Waals surface area contributed by atoms with Crippen LogP contribution in [0.5, 0.6) is 0 Å². The van der Waals surface area contributed by atoms with Crippen molar-refractivity contribution < 1.29 is 9.72 Å².